The number of rotatable bonds is 6. The van der Waals surface area contributed by atoms with Crippen LogP contribution in [0.1, 0.15) is 27.2 Å². The highest BCUT2D eigenvalue weighted by atomic mass is 32.2. The van der Waals surface area contributed by atoms with Gasteiger partial charge in [0, 0.05) is 25.4 Å². The fourth-order valence-corrected chi connectivity index (χ4v) is 2.91. The number of hydrogen-bond acceptors (Lipinski definition) is 3. The Balaban J connectivity index is 2.19. The van der Waals surface area contributed by atoms with Crippen LogP contribution in [0.5, 0.6) is 0 Å². The quantitative estimate of drug-likeness (QED) is 0.770. The molecule has 1 heterocycles. The molecule has 0 aromatic rings. The van der Waals surface area contributed by atoms with Gasteiger partial charge >= 0.3 is 0 Å². The molecule has 1 N–H and O–H groups in total. The lowest BCUT2D eigenvalue weighted by Gasteiger charge is -2.18. The Morgan fingerprint density at radius 1 is 1.44 bits per heavy atom. The fraction of sp³-hybridized carbons (Fsp3) is 0.917. The Bertz CT molecular complexity index is 233. The first-order chi connectivity index (χ1) is 7.50. The molecule has 1 rings (SSSR count). The van der Waals surface area contributed by atoms with Gasteiger partial charge in [0.05, 0.1) is 6.04 Å². The Morgan fingerprint density at radius 3 is 2.62 bits per heavy atom. The van der Waals surface area contributed by atoms with Gasteiger partial charge in [-0.3, -0.25) is 4.79 Å². The van der Waals surface area contributed by atoms with Crippen molar-refractivity contribution in [1.82, 2.24) is 10.2 Å². The lowest BCUT2D eigenvalue weighted by Crippen LogP contribution is -2.42. The molecule has 0 aromatic heterocycles. The number of likely N-dealkylation sites (tertiary alicyclic amines) is 1. The van der Waals surface area contributed by atoms with E-state index in [4.69, 9.17) is 0 Å². The molecule has 2 unspecified atom stereocenters. The molecule has 1 amide bonds. The van der Waals surface area contributed by atoms with E-state index in [-0.39, 0.29) is 11.9 Å². The second-order valence-corrected chi connectivity index (χ2v) is 6.17. The minimum atomic E-state index is 0.0552. The van der Waals surface area contributed by atoms with Gasteiger partial charge in [0.2, 0.25) is 5.91 Å². The van der Waals surface area contributed by atoms with Gasteiger partial charge in [-0.1, -0.05) is 13.8 Å². The van der Waals surface area contributed by atoms with E-state index in [0.29, 0.717) is 6.04 Å². The van der Waals surface area contributed by atoms with Gasteiger partial charge in [-0.2, -0.15) is 11.8 Å². The summed E-state index contributed by atoms with van der Waals surface area (Å²) in [4.78, 5) is 13.5. The summed E-state index contributed by atoms with van der Waals surface area (Å²) < 4.78 is 0. The van der Waals surface area contributed by atoms with Gasteiger partial charge in [-0.05, 0) is 25.0 Å². The summed E-state index contributed by atoms with van der Waals surface area (Å²) in [6.45, 7) is 7.53. The average Bonchev–Trinajstić information content (AvgIpc) is 2.49. The van der Waals surface area contributed by atoms with Gasteiger partial charge in [0.1, 0.15) is 0 Å². The van der Waals surface area contributed by atoms with Crippen LogP contribution in [0.2, 0.25) is 0 Å². The molecule has 0 bridgehead atoms. The van der Waals surface area contributed by atoms with Crippen molar-refractivity contribution in [2.75, 3.05) is 25.1 Å². The zero-order valence-corrected chi connectivity index (χ0v) is 11.6. The number of likely N-dealkylation sites (N-methyl/N-ethyl adjacent to an activating group) is 1. The van der Waals surface area contributed by atoms with Crippen LogP contribution in [0.3, 0.4) is 0 Å². The van der Waals surface area contributed by atoms with E-state index in [1.165, 1.54) is 5.75 Å². The van der Waals surface area contributed by atoms with Crippen LogP contribution in [-0.2, 0) is 4.79 Å². The first kappa shape index (κ1) is 13.8. The smallest absolute Gasteiger partial charge is 0.239 e. The molecule has 0 spiro atoms. The van der Waals surface area contributed by atoms with E-state index in [0.717, 1.165) is 24.6 Å². The number of carbonyl (C=O) groups is 1. The number of thioether (sulfide) groups is 1. The minimum Gasteiger partial charge on any atom is -0.344 e. The van der Waals surface area contributed by atoms with Crippen molar-refractivity contribution in [3.8, 4) is 0 Å². The van der Waals surface area contributed by atoms with Crippen molar-refractivity contribution < 1.29 is 4.79 Å². The Labute approximate surface area is 103 Å². The van der Waals surface area contributed by atoms with Gasteiger partial charge in [0.25, 0.3) is 0 Å². The molecule has 0 aromatic carbocycles. The molecule has 16 heavy (non-hydrogen) atoms. The Morgan fingerprint density at radius 2 is 2.12 bits per heavy atom. The molecule has 1 fully saturated rings. The highest BCUT2D eigenvalue weighted by molar-refractivity contribution is 7.99. The van der Waals surface area contributed by atoms with Crippen LogP contribution in [0, 0.1) is 5.92 Å². The molecule has 0 aliphatic carbocycles. The van der Waals surface area contributed by atoms with Crippen molar-refractivity contribution in [1.29, 1.82) is 0 Å². The van der Waals surface area contributed by atoms with Crippen LogP contribution < -0.4 is 5.32 Å². The Hall–Kier alpha value is -0.220. The summed E-state index contributed by atoms with van der Waals surface area (Å²) in [5.41, 5.74) is 0. The lowest BCUT2D eigenvalue weighted by molar-refractivity contribution is -0.128. The van der Waals surface area contributed by atoms with E-state index in [9.17, 15) is 4.79 Å². The van der Waals surface area contributed by atoms with Crippen LogP contribution in [0.4, 0.5) is 0 Å². The summed E-state index contributed by atoms with van der Waals surface area (Å²) in [5.74, 6) is 3.29. The zero-order chi connectivity index (χ0) is 12.1. The molecular formula is C12H24N2OS. The summed E-state index contributed by atoms with van der Waals surface area (Å²) in [6, 6.07) is 0.476. The monoisotopic (exact) mass is 244 g/mol. The van der Waals surface area contributed by atoms with E-state index in [1.807, 2.05) is 23.7 Å². The summed E-state index contributed by atoms with van der Waals surface area (Å²) in [6.07, 6.45) is 0.953. The first-order valence-electron chi connectivity index (χ1n) is 6.09. The number of nitrogens with one attached hydrogen (secondary N) is 1. The van der Waals surface area contributed by atoms with E-state index in [2.05, 4.69) is 26.1 Å². The van der Waals surface area contributed by atoms with E-state index >= 15 is 0 Å². The topological polar surface area (TPSA) is 32.3 Å². The summed E-state index contributed by atoms with van der Waals surface area (Å²) in [7, 11) is 1.88. The van der Waals surface area contributed by atoms with Crippen LogP contribution in [0.15, 0.2) is 0 Å². The van der Waals surface area contributed by atoms with Crippen molar-refractivity contribution in [2.45, 2.75) is 39.3 Å². The van der Waals surface area contributed by atoms with Crippen LogP contribution >= 0.6 is 11.8 Å². The number of carbonyl (C=O) groups excluding carboxylic acids is 1. The van der Waals surface area contributed by atoms with E-state index < -0.39 is 0 Å². The largest absolute Gasteiger partial charge is 0.344 e. The fourth-order valence-electron chi connectivity index (χ4n) is 1.85. The molecule has 94 valence electrons. The van der Waals surface area contributed by atoms with Crippen LogP contribution in [0.25, 0.3) is 0 Å². The van der Waals surface area contributed by atoms with Gasteiger partial charge in [0.15, 0.2) is 0 Å². The zero-order valence-electron chi connectivity index (χ0n) is 10.8. The molecule has 4 heteroatoms. The predicted octanol–water partition coefficient (Wildman–Crippen LogP) is 1.58. The molecule has 0 radical (unpaired) electrons. The minimum absolute atomic E-state index is 0.0552. The molecular weight excluding hydrogens is 220 g/mol. The van der Waals surface area contributed by atoms with Crippen molar-refractivity contribution >= 4 is 17.7 Å². The highest BCUT2D eigenvalue weighted by Gasteiger charge is 2.29. The van der Waals surface area contributed by atoms with E-state index in [1.54, 1.807) is 0 Å². The van der Waals surface area contributed by atoms with Gasteiger partial charge < -0.3 is 10.2 Å². The van der Waals surface area contributed by atoms with Crippen molar-refractivity contribution in [3.05, 3.63) is 0 Å². The third kappa shape index (κ3) is 4.34. The average molecular weight is 244 g/mol. The van der Waals surface area contributed by atoms with Gasteiger partial charge in [-0.15, -0.1) is 0 Å². The maximum Gasteiger partial charge on any atom is 0.239 e. The summed E-state index contributed by atoms with van der Waals surface area (Å²) in [5, 5.41) is 3.42. The molecule has 3 nitrogen and oxygen atoms in total. The Kier molecular flexibility index (Phi) is 5.62. The number of hydrogen-bond donors (Lipinski definition) is 1. The molecule has 1 aliphatic rings. The number of amides is 1. The van der Waals surface area contributed by atoms with Gasteiger partial charge in [-0.25, -0.2) is 0 Å². The van der Waals surface area contributed by atoms with Crippen molar-refractivity contribution in [2.24, 2.45) is 5.92 Å². The third-order valence-electron chi connectivity index (χ3n) is 2.73. The molecule has 2 atom stereocenters. The second kappa shape index (κ2) is 6.50. The standard InChI is InChI=1S/C12H24N2OS/c1-9(2)7-16-8-10(3)13-11-5-6-14(4)12(11)15/h9-11,13H,5-8H2,1-4H3. The second-order valence-electron chi connectivity index (χ2n) is 5.10. The number of nitrogens with zero attached hydrogens (tertiary/aromatic N) is 1. The molecule has 1 saturated heterocycles. The normalized spacial score (nSPS) is 23.2. The molecule has 0 saturated carbocycles. The highest BCUT2D eigenvalue weighted by Crippen LogP contribution is 2.12. The van der Waals surface area contributed by atoms with Crippen molar-refractivity contribution in [3.63, 3.8) is 0 Å². The maximum atomic E-state index is 11.7. The lowest BCUT2D eigenvalue weighted by atomic mass is 10.2. The predicted molar refractivity (Wildman–Crippen MR) is 70.8 cm³/mol. The first-order valence-corrected chi connectivity index (χ1v) is 7.25. The van der Waals surface area contributed by atoms with Crippen LogP contribution in [-0.4, -0.2) is 48.0 Å². The third-order valence-corrected chi connectivity index (χ3v) is 4.37. The molecule has 1 aliphatic heterocycles. The summed E-state index contributed by atoms with van der Waals surface area (Å²) >= 11 is 1.97. The maximum absolute atomic E-state index is 11.7. The SMILES string of the molecule is CC(C)CSCC(C)NC1CCN(C)C1=O.